The van der Waals surface area contributed by atoms with E-state index in [-0.39, 0.29) is 0 Å². The van der Waals surface area contributed by atoms with Crippen LogP contribution in [0.5, 0.6) is 0 Å². The lowest BCUT2D eigenvalue weighted by Crippen LogP contribution is -2.31. The largest absolute Gasteiger partial charge is 0.312 e. The van der Waals surface area contributed by atoms with Crippen molar-refractivity contribution in [1.29, 1.82) is 0 Å². The summed E-state index contributed by atoms with van der Waals surface area (Å²) in [6.45, 7) is 3.17. The van der Waals surface area contributed by atoms with Gasteiger partial charge in [-0.1, -0.05) is 30.2 Å². The molecule has 1 fully saturated rings. The lowest BCUT2D eigenvalue weighted by Gasteiger charge is -2.17. The van der Waals surface area contributed by atoms with Gasteiger partial charge >= 0.3 is 0 Å². The molecule has 1 heterocycles. The molecule has 1 unspecified atom stereocenters. The molecule has 0 saturated heterocycles. The lowest BCUT2D eigenvalue weighted by atomic mass is 10.2. The van der Waals surface area contributed by atoms with Crippen molar-refractivity contribution in [3.8, 4) is 0 Å². The SMILES string of the molecule is CC(CNC1CCCC1)n1nnc2ccccc21. The van der Waals surface area contributed by atoms with Crippen molar-refractivity contribution in [2.75, 3.05) is 6.54 Å². The van der Waals surface area contributed by atoms with Crippen LogP contribution in [0.2, 0.25) is 0 Å². The van der Waals surface area contributed by atoms with Crippen LogP contribution in [0.15, 0.2) is 24.3 Å². The second-order valence-electron chi connectivity index (χ2n) is 5.26. The average molecular weight is 244 g/mol. The number of hydrogen-bond acceptors (Lipinski definition) is 3. The molecule has 1 atom stereocenters. The first-order valence-electron chi connectivity index (χ1n) is 6.88. The number of nitrogens with zero attached hydrogens (tertiary/aromatic N) is 3. The van der Waals surface area contributed by atoms with Gasteiger partial charge in [-0.3, -0.25) is 0 Å². The van der Waals surface area contributed by atoms with Crippen molar-refractivity contribution in [2.45, 2.75) is 44.7 Å². The van der Waals surface area contributed by atoms with Crippen molar-refractivity contribution < 1.29 is 0 Å². The molecule has 1 N–H and O–H groups in total. The standard InChI is InChI=1S/C14H20N4/c1-11(10-15-12-6-2-3-7-12)18-14-9-5-4-8-13(14)16-17-18/h4-5,8-9,11-12,15H,2-3,6-7,10H2,1H3. The molecular weight excluding hydrogens is 224 g/mol. The summed E-state index contributed by atoms with van der Waals surface area (Å²) in [4.78, 5) is 0. The van der Waals surface area contributed by atoms with Gasteiger partial charge in [0, 0.05) is 12.6 Å². The zero-order valence-electron chi connectivity index (χ0n) is 10.8. The number of hydrogen-bond donors (Lipinski definition) is 1. The van der Waals surface area contributed by atoms with E-state index in [0.29, 0.717) is 12.1 Å². The predicted molar refractivity (Wildman–Crippen MR) is 72.5 cm³/mol. The van der Waals surface area contributed by atoms with E-state index >= 15 is 0 Å². The van der Waals surface area contributed by atoms with Crippen molar-refractivity contribution >= 4 is 11.0 Å². The Morgan fingerprint density at radius 1 is 1.33 bits per heavy atom. The Morgan fingerprint density at radius 2 is 2.11 bits per heavy atom. The van der Waals surface area contributed by atoms with Gasteiger partial charge < -0.3 is 5.32 Å². The fraction of sp³-hybridized carbons (Fsp3) is 0.571. The number of aromatic nitrogens is 3. The fourth-order valence-electron chi connectivity index (χ4n) is 2.77. The highest BCUT2D eigenvalue weighted by Crippen LogP contribution is 2.19. The van der Waals surface area contributed by atoms with Gasteiger partial charge in [-0.15, -0.1) is 5.10 Å². The molecule has 2 aromatic rings. The maximum atomic E-state index is 4.27. The molecular formula is C14H20N4. The van der Waals surface area contributed by atoms with E-state index in [2.05, 4.69) is 28.6 Å². The Morgan fingerprint density at radius 3 is 2.94 bits per heavy atom. The number of nitrogens with one attached hydrogen (secondary N) is 1. The average Bonchev–Trinajstić information content (AvgIpc) is 3.05. The first-order valence-corrected chi connectivity index (χ1v) is 6.88. The van der Waals surface area contributed by atoms with E-state index in [1.807, 2.05) is 22.9 Å². The highest BCUT2D eigenvalue weighted by molar-refractivity contribution is 5.73. The van der Waals surface area contributed by atoms with Crippen LogP contribution < -0.4 is 5.32 Å². The summed E-state index contributed by atoms with van der Waals surface area (Å²) in [5, 5.41) is 12.1. The van der Waals surface area contributed by atoms with E-state index in [9.17, 15) is 0 Å². The molecule has 1 saturated carbocycles. The van der Waals surface area contributed by atoms with E-state index in [0.717, 1.165) is 17.6 Å². The monoisotopic (exact) mass is 244 g/mol. The Kier molecular flexibility index (Phi) is 3.28. The van der Waals surface area contributed by atoms with Gasteiger partial charge in [0.1, 0.15) is 5.52 Å². The number of fused-ring (bicyclic) bond motifs is 1. The topological polar surface area (TPSA) is 42.7 Å². The summed E-state index contributed by atoms with van der Waals surface area (Å²) in [5.41, 5.74) is 2.10. The minimum atomic E-state index is 0.345. The minimum Gasteiger partial charge on any atom is -0.312 e. The molecule has 0 bridgehead atoms. The van der Waals surface area contributed by atoms with Crippen molar-refractivity contribution in [3.05, 3.63) is 24.3 Å². The zero-order valence-corrected chi connectivity index (χ0v) is 10.8. The van der Waals surface area contributed by atoms with Gasteiger partial charge in [0.15, 0.2) is 0 Å². The summed E-state index contributed by atoms with van der Waals surface area (Å²) in [5.74, 6) is 0. The minimum absolute atomic E-state index is 0.345. The maximum absolute atomic E-state index is 4.27. The second kappa shape index (κ2) is 5.06. The highest BCUT2D eigenvalue weighted by Gasteiger charge is 2.16. The van der Waals surface area contributed by atoms with E-state index in [4.69, 9.17) is 0 Å². The molecule has 0 aliphatic heterocycles. The van der Waals surface area contributed by atoms with Crippen LogP contribution >= 0.6 is 0 Å². The van der Waals surface area contributed by atoms with Crippen LogP contribution in [-0.4, -0.2) is 27.6 Å². The Hall–Kier alpha value is -1.42. The smallest absolute Gasteiger partial charge is 0.113 e. The number of para-hydroxylation sites is 1. The Balaban J connectivity index is 1.69. The van der Waals surface area contributed by atoms with Crippen LogP contribution in [-0.2, 0) is 0 Å². The fourth-order valence-corrected chi connectivity index (χ4v) is 2.77. The van der Waals surface area contributed by atoms with Gasteiger partial charge in [0.25, 0.3) is 0 Å². The third-order valence-corrected chi connectivity index (χ3v) is 3.85. The molecule has 1 aliphatic carbocycles. The quantitative estimate of drug-likeness (QED) is 0.898. The van der Waals surface area contributed by atoms with Crippen LogP contribution in [0, 0.1) is 0 Å². The summed E-state index contributed by atoms with van der Waals surface area (Å²) < 4.78 is 2.03. The summed E-state index contributed by atoms with van der Waals surface area (Å²) in [6.07, 6.45) is 5.40. The van der Waals surface area contributed by atoms with Crippen LogP contribution in [0.1, 0.15) is 38.6 Å². The molecule has 18 heavy (non-hydrogen) atoms. The van der Waals surface area contributed by atoms with E-state index in [1.165, 1.54) is 25.7 Å². The van der Waals surface area contributed by atoms with Gasteiger partial charge in [0.05, 0.1) is 11.6 Å². The molecule has 1 aromatic carbocycles. The number of rotatable bonds is 4. The lowest BCUT2D eigenvalue weighted by molar-refractivity contribution is 0.416. The summed E-state index contributed by atoms with van der Waals surface area (Å²) in [6, 6.07) is 9.19. The third-order valence-electron chi connectivity index (χ3n) is 3.85. The molecule has 4 nitrogen and oxygen atoms in total. The molecule has 0 amide bonds. The van der Waals surface area contributed by atoms with Crippen LogP contribution in [0.4, 0.5) is 0 Å². The van der Waals surface area contributed by atoms with Gasteiger partial charge in [-0.25, -0.2) is 4.68 Å². The van der Waals surface area contributed by atoms with Crippen molar-refractivity contribution in [3.63, 3.8) is 0 Å². The zero-order chi connectivity index (χ0) is 12.4. The molecule has 1 aliphatic rings. The highest BCUT2D eigenvalue weighted by atomic mass is 15.4. The normalized spacial score (nSPS) is 18.5. The third kappa shape index (κ3) is 2.25. The van der Waals surface area contributed by atoms with Crippen molar-refractivity contribution in [2.24, 2.45) is 0 Å². The molecule has 0 radical (unpaired) electrons. The van der Waals surface area contributed by atoms with Crippen molar-refractivity contribution in [1.82, 2.24) is 20.3 Å². The maximum Gasteiger partial charge on any atom is 0.113 e. The Labute approximate surface area is 107 Å². The summed E-state index contributed by atoms with van der Waals surface area (Å²) in [7, 11) is 0. The molecule has 1 aromatic heterocycles. The summed E-state index contributed by atoms with van der Waals surface area (Å²) >= 11 is 0. The van der Waals surface area contributed by atoms with Gasteiger partial charge in [0.2, 0.25) is 0 Å². The van der Waals surface area contributed by atoms with E-state index < -0.39 is 0 Å². The van der Waals surface area contributed by atoms with E-state index in [1.54, 1.807) is 0 Å². The van der Waals surface area contributed by atoms with Crippen LogP contribution in [0.3, 0.4) is 0 Å². The molecule has 3 rings (SSSR count). The van der Waals surface area contributed by atoms with Gasteiger partial charge in [-0.2, -0.15) is 0 Å². The molecule has 0 spiro atoms. The van der Waals surface area contributed by atoms with Crippen LogP contribution in [0.25, 0.3) is 11.0 Å². The Bertz CT molecular complexity index is 513. The van der Waals surface area contributed by atoms with Gasteiger partial charge in [-0.05, 0) is 31.9 Å². The molecule has 96 valence electrons. The first-order chi connectivity index (χ1) is 8.84. The second-order valence-corrected chi connectivity index (χ2v) is 5.26. The predicted octanol–water partition coefficient (Wildman–Crippen LogP) is 2.52. The number of benzene rings is 1. The first kappa shape index (κ1) is 11.7. The molecule has 4 heteroatoms.